The summed E-state index contributed by atoms with van der Waals surface area (Å²) in [6.45, 7) is 1.85. The molecule has 2 aromatic heterocycles. The third-order valence-corrected chi connectivity index (χ3v) is 7.20. The highest BCUT2D eigenvalue weighted by molar-refractivity contribution is 7.13. The van der Waals surface area contributed by atoms with Crippen LogP contribution in [0.2, 0.25) is 0 Å². The monoisotopic (exact) mass is 431 g/mol. The number of para-hydroxylation sites is 2. The number of hydrogen-bond acceptors (Lipinski definition) is 5. The van der Waals surface area contributed by atoms with Gasteiger partial charge >= 0.3 is 0 Å². The van der Waals surface area contributed by atoms with Crippen molar-refractivity contribution in [2.45, 2.75) is 19.4 Å². The van der Waals surface area contributed by atoms with Crippen LogP contribution in [0.3, 0.4) is 0 Å². The van der Waals surface area contributed by atoms with Gasteiger partial charge in [-0.15, -0.1) is 22.7 Å². The Labute approximate surface area is 183 Å². The Morgan fingerprint density at radius 2 is 1.87 bits per heavy atom. The van der Waals surface area contributed by atoms with Gasteiger partial charge in [0.2, 0.25) is 5.91 Å². The molecule has 4 nitrogen and oxygen atoms in total. The largest absolute Gasteiger partial charge is 0.365 e. The van der Waals surface area contributed by atoms with E-state index in [-0.39, 0.29) is 12.3 Å². The smallest absolute Gasteiger partial charge is 0.230 e. The number of anilines is 2. The highest BCUT2D eigenvalue weighted by Crippen LogP contribution is 2.32. The van der Waals surface area contributed by atoms with Crippen LogP contribution in [0, 0.1) is 0 Å². The number of thiophene rings is 1. The maximum Gasteiger partial charge on any atom is 0.230 e. The molecule has 0 unspecified atom stereocenters. The third kappa shape index (κ3) is 4.01. The van der Waals surface area contributed by atoms with Gasteiger partial charge in [-0.2, -0.15) is 0 Å². The number of nitrogens with zero attached hydrogens (tertiary/aromatic N) is 2. The van der Waals surface area contributed by atoms with E-state index in [1.807, 2.05) is 65.2 Å². The third-order valence-electron chi connectivity index (χ3n) is 5.24. The van der Waals surface area contributed by atoms with Crippen molar-refractivity contribution in [1.29, 1.82) is 0 Å². The normalized spacial score (nSPS) is 13.1. The molecule has 6 heteroatoms. The Kier molecular flexibility index (Phi) is 5.34. The number of fused-ring (bicyclic) bond motifs is 1. The highest BCUT2D eigenvalue weighted by Gasteiger charge is 2.20. The number of nitrogens with one attached hydrogen (secondary N) is 1. The van der Waals surface area contributed by atoms with Crippen LogP contribution in [-0.4, -0.2) is 17.4 Å². The lowest BCUT2D eigenvalue weighted by atomic mass is 10.1. The van der Waals surface area contributed by atoms with E-state index in [4.69, 9.17) is 0 Å². The van der Waals surface area contributed by atoms with E-state index < -0.39 is 0 Å². The molecule has 1 amide bonds. The van der Waals surface area contributed by atoms with Gasteiger partial charge in [0, 0.05) is 28.9 Å². The molecule has 5 rings (SSSR count). The first-order valence-corrected chi connectivity index (χ1v) is 11.7. The molecular formula is C24H21N3OS2. The number of carbonyl (C=O) groups is 1. The van der Waals surface area contributed by atoms with E-state index in [1.54, 1.807) is 11.3 Å². The fourth-order valence-corrected chi connectivity index (χ4v) is 5.49. The van der Waals surface area contributed by atoms with E-state index in [0.717, 1.165) is 47.2 Å². The Hall–Kier alpha value is -2.96. The van der Waals surface area contributed by atoms with Crippen molar-refractivity contribution < 1.29 is 4.79 Å². The van der Waals surface area contributed by atoms with Gasteiger partial charge in [-0.25, -0.2) is 4.98 Å². The molecule has 3 heterocycles. The molecule has 4 aromatic rings. The fraction of sp³-hybridized carbons (Fsp3) is 0.167. The predicted molar refractivity (Wildman–Crippen MR) is 125 cm³/mol. The zero-order valence-corrected chi connectivity index (χ0v) is 18.0. The van der Waals surface area contributed by atoms with Crippen molar-refractivity contribution >= 4 is 40.0 Å². The van der Waals surface area contributed by atoms with Crippen molar-refractivity contribution in [2.75, 3.05) is 16.8 Å². The first kappa shape index (κ1) is 19.0. The van der Waals surface area contributed by atoms with E-state index in [2.05, 4.69) is 32.7 Å². The molecule has 0 aliphatic carbocycles. The molecule has 150 valence electrons. The lowest BCUT2D eigenvalue weighted by molar-refractivity contribution is -0.115. The average Bonchev–Trinajstić information content (AvgIpc) is 3.43. The fourth-order valence-electron chi connectivity index (χ4n) is 3.77. The number of thiazole rings is 1. The first-order chi connectivity index (χ1) is 14.8. The van der Waals surface area contributed by atoms with Gasteiger partial charge < -0.3 is 10.2 Å². The number of rotatable bonds is 5. The van der Waals surface area contributed by atoms with Crippen LogP contribution in [0.5, 0.6) is 0 Å². The zero-order valence-electron chi connectivity index (χ0n) is 16.4. The van der Waals surface area contributed by atoms with Crippen LogP contribution < -0.4 is 10.2 Å². The molecular weight excluding hydrogens is 410 g/mol. The van der Waals surface area contributed by atoms with Crippen molar-refractivity contribution in [1.82, 2.24) is 4.98 Å². The Balaban J connectivity index is 1.29. The van der Waals surface area contributed by atoms with E-state index in [9.17, 15) is 4.79 Å². The summed E-state index contributed by atoms with van der Waals surface area (Å²) in [4.78, 5) is 21.2. The van der Waals surface area contributed by atoms with Gasteiger partial charge in [0.25, 0.3) is 0 Å². The molecule has 1 N–H and O–H groups in total. The van der Waals surface area contributed by atoms with Crippen LogP contribution in [-0.2, 0) is 24.2 Å². The number of benzene rings is 2. The zero-order chi connectivity index (χ0) is 20.3. The molecule has 30 heavy (non-hydrogen) atoms. The highest BCUT2D eigenvalue weighted by atomic mass is 32.1. The number of carbonyl (C=O) groups excluding carboxylic acids is 1. The van der Waals surface area contributed by atoms with Crippen LogP contribution in [0.15, 0.2) is 71.4 Å². The lowest BCUT2D eigenvalue weighted by Gasteiger charge is -2.30. The van der Waals surface area contributed by atoms with E-state index in [0.29, 0.717) is 0 Å². The van der Waals surface area contributed by atoms with Crippen LogP contribution in [0.1, 0.15) is 16.1 Å². The maximum atomic E-state index is 12.8. The van der Waals surface area contributed by atoms with Crippen molar-refractivity contribution in [3.05, 3.63) is 87.6 Å². The SMILES string of the molecule is O=C(Cc1csc(-c2ccccc2)n1)Nc1ccccc1N1CCc2sccc2C1. The molecule has 1 aliphatic rings. The second-order valence-corrected chi connectivity index (χ2v) is 9.15. The van der Waals surface area contributed by atoms with E-state index in [1.165, 1.54) is 10.4 Å². The predicted octanol–water partition coefficient (Wildman–Crippen LogP) is 5.62. The van der Waals surface area contributed by atoms with E-state index >= 15 is 0 Å². The van der Waals surface area contributed by atoms with Crippen molar-refractivity contribution in [3.63, 3.8) is 0 Å². The molecule has 0 saturated heterocycles. The summed E-state index contributed by atoms with van der Waals surface area (Å²) in [7, 11) is 0. The van der Waals surface area contributed by atoms with Crippen molar-refractivity contribution in [2.24, 2.45) is 0 Å². The summed E-state index contributed by atoms with van der Waals surface area (Å²) >= 11 is 3.41. The van der Waals surface area contributed by atoms with Crippen LogP contribution >= 0.6 is 22.7 Å². The van der Waals surface area contributed by atoms with Gasteiger partial charge in [0.05, 0.1) is 23.5 Å². The van der Waals surface area contributed by atoms with Crippen molar-refractivity contribution in [3.8, 4) is 10.6 Å². The minimum atomic E-state index is -0.0411. The lowest BCUT2D eigenvalue weighted by Crippen LogP contribution is -2.30. The minimum Gasteiger partial charge on any atom is -0.365 e. The molecule has 2 aromatic carbocycles. The molecule has 0 atom stereocenters. The maximum absolute atomic E-state index is 12.8. The topological polar surface area (TPSA) is 45.2 Å². The summed E-state index contributed by atoms with van der Waals surface area (Å²) in [6, 6.07) is 20.3. The molecule has 0 fully saturated rings. The quantitative estimate of drug-likeness (QED) is 0.446. The minimum absolute atomic E-state index is 0.0411. The first-order valence-electron chi connectivity index (χ1n) is 9.95. The standard InChI is InChI=1S/C24H21N3OS2/c28-23(14-19-16-30-24(25-19)17-6-2-1-3-7-17)26-20-8-4-5-9-21(20)27-12-10-22-18(15-27)11-13-29-22/h1-9,11,13,16H,10,12,14-15H2,(H,26,28). The Morgan fingerprint density at radius 3 is 2.77 bits per heavy atom. The molecule has 0 radical (unpaired) electrons. The van der Waals surface area contributed by atoms with Crippen LogP contribution in [0.4, 0.5) is 11.4 Å². The van der Waals surface area contributed by atoms with Gasteiger partial charge in [-0.3, -0.25) is 4.79 Å². The second kappa shape index (κ2) is 8.42. The van der Waals surface area contributed by atoms with Gasteiger partial charge in [0.1, 0.15) is 5.01 Å². The molecule has 0 spiro atoms. The van der Waals surface area contributed by atoms with Gasteiger partial charge in [-0.1, -0.05) is 42.5 Å². The summed E-state index contributed by atoms with van der Waals surface area (Å²) in [5, 5.41) is 8.19. The molecule has 1 aliphatic heterocycles. The average molecular weight is 432 g/mol. The summed E-state index contributed by atoms with van der Waals surface area (Å²) in [5.41, 5.74) is 5.21. The van der Waals surface area contributed by atoms with Gasteiger partial charge in [-0.05, 0) is 35.6 Å². The summed E-state index contributed by atoms with van der Waals surface area (Å²) in [5.74, 6) is -0.0411. The molecule has 0 saturated carbocycles. The molecule has 0 bridgehead atoms. The van der Waals surface area contributed by atoms with Crippen LogP contribution in [0.25, 0.3) is 10.6 Å². The summed E-state index contributed by atoms with van der Waals surface area (Å²) < 4.78 is 0. The van der Waals surface area contributed by atoms with Gasteiger partial charge in [0.15, 0.2) is 0 Å². The Bertz CT molecular complexity index is 1170. The number of aromatic nitrogens is 1. The number of amides is 1. The number of hydrogen-bond donors (Lipinski definition) is 1. The second-order valence-electron chi connectivity index (χ2n) is 7.29. The Morgan fingerprint density at radius 1 is 1.03 bits per heavy atom. The summed E-state index contributed by atoms with van der Waals surface area (Å²) in [6.07, 6.45) is 1.32.